The van der Waals surface area contributed by atoms with E-state index in [9.17, 15) is 4.79 Å². The van der Waals surface area contributed by atoms with Crippen molar-refractivity contribution in [1.82, 2.24) is 4.68 Å². The first-order chi connectivity index (χ1) is 16.4. The molecule has 3 aromatic carbocycles. The standard InChI is InChI=1S/C27H26ClN4O2/c1-30(2)24-12-4-20(5-13-24)18-29-32-17-16-31(19-26(33)21-6-10-23(28)11-7-21)27(32)22-8-14-25(34-3)15-9-22/h4-18H,19H2,1-3H3/q+1/b29-18+. The Balaban J connectivity index is 1.67. The minimum absolute atomic E-state index is 0.0163. The predicted molar refractivity (Wildman–Crippen MR) is 136 cm³/mol. The Morgan fingerprint density at radius 2 is 1.71 bits per heavy atom. The van der Waals surface area contributed by atoms with Crippen LogP contribution in [0.15, 0.2) is 90.3 Å². The van der Waals surface area contributed by atoms with Gasteiger partial charge in [0.2, 0.25) is 5.78 Å². The number of benzene rings is 3. The van der Waals surface area contributed by atoms with Crippen molar-refractivity contribution in [3.05, 3.63) is 101 Å². The number of halogens is 1. The second-order valence-electron chi connectivity index (χ2n) is 7.98. The van der Waals surface area contributed by atoms with Crippen LogP contribution in [-0.2, 0) is 6.54 Å². The molecular formula is C27H26ClN4O2+. The predicted octanol–water partition coefficient (Wildman–Crippen LogP) is 4.94. The lowest BCUT2D eigenvalue weighted by Crippen LogP contribution is -2.38. The lowest BCUT2D eigenvalue weighted by atomic mass is 10.1. The lowest BCUT2D eigenvalue weighted by Gasteiger charge is -2.11. The van der Waals surface area contributed by atoms with Crippen molar-refractivity contribution >= 4 is 29.3 Å². The third-order valence-corrected chi connectivity index (χ3v) is 5.70. The van der Waals surface area contributed by atoms with E-state index in [2.05, 4.69) is 10.0 Å². The molecule has 0 bridgehead atoms. The zero-order chi connectivity index (χ0) is 24.1. The molecule has 0 spiro atoms. The van der Waals surface area contributed by atoms with Crippen molar-refractivity contribution in [2.24, 2.45) is 5.10 Å². The third kappa shape index (κ3) is 5.35. The van der Waals surface area contributed by atoms with Crippen molar-refractivity contribution in [2.75, 3.05) is 26.1 Å². The Morgan fingerprint density at radius 1 is 1.03 bits per heavy atom. The van der Waals surface area contributed by atoms with Crippen molar-refractivity contribution in [3.63, 3.8) is 0 Å². The summed E-state index contributed by atoms with van der Waals surface area (Å²) in [7, 11) is 5.65. The van der Waals surface area contributed by atoms with Crippen LogP contribution in [0.4, 0.5) is 5.69 Å². The molecule has 0 aliphatic heterocycles. The average molecular weight is 474 g/mol. The van der Waals surface area contributed by atoms with E-state index in [0.717, 1.165) is 28.4 Å². The molecule has 0 saturated heterocycles. The molecule has 0 fully saturated rings. The molecule has 0 saturated carbocycles. The van der Waals surface area contributed by atoms with Crippen LogP contribution >= 0.6 is 11.6 Å². The molecule has 0 amide bonds. The first kappa shape index (κ1) is 23.3. The summed E-state index contributed by atoms with van der Waals surface area (Å²) in [5.41, 5.74) is 3.61. The number of imidazole rings is 1. The van der Waals surface area contributed by atoms with Crippen LogP contribution in [-0.4, -0.2) is 37.9 Å². The fourth-order valence-corrected chi connectivity index (χ4v) is 3.67. The van der Waals surface area contributed by atoms with Crippen molar-refractivity contribution in [3.8, 4) is 17.1 Å². The summed E-state index contributed by atoms with van der Waals surface area (Å²) in [6.45, 7) is 0.170. The van der Waals surface area contributed by atoms with Gasteiger partial charge in [0.25, 0.3) is 0 Å². The van der Waals surface area contributed by atoms with E-state index in [-0.39, 0.29) is 12.3 Å². The molecule has 4 rings (SSSR count). The molecule has 0 atom stereocenters. The van der Waals surface area contributed by atoms with Gasteiger partial charge in [-0.15, -0.1) is 4.68 Å². The monoisotopic (exact) mass is 473 g/mol. The van der Waals surface area contributed by atoms with Crippen LogP contribution in [0.3, 0.4) is 0 Å². The number of anilines is 1. The van der Waals surface area contributed by atoms with Crippen molar-refractivity contribution < 1.29 is 14.1 Å². The molecule has 6 nitrogen and oxygen atoms in total. The van der Waals surface area contributed by atoms with Crippen LogP contribution in [0.2, 0.25) is 5.02 Å². The highest BCUT2D eigenvalue weighted by Crippen LogP contribution is 2.21. The summed E-state index contributed by atoms with van der Waals surface area (Å²) >= 11 is 5.97. The second-order valence-corrected chi connectivity index (χ2v) is 8.42. The lowest BCUT2D eigenvalue weighted by molar-refractivity contribution is -0.671. The highest BCUT2D eigenvalue weighted by atomic mass is 35.5. The van der Waals surface area contributed by atoms with Gasteiger partial charge < -0.3 is 9.64 Å². The summed E-state index contributed by atoms with van der Waals surface area (Å²) in [5.74, 6) is 1.53. The maximum atomic E-state index is 12.9. The number of aromatic nitrogens is 2. The number of Topliss-reactive ketones (excluding diaryl/α,β-unsaturated/α-hetero) is 1. The van der Waals surface area contributed by atoms with Gasteiger partial charge in [0.1, 0.15) is 11.9 Å². The molecule has 0 aliphatic rings. The molecule has 0 N–H and O–H groups in total. The van der Waals surface area contributed by atoms with E-state index in [1.165, 1.54) is 0 Å². The smallest absolute Gasteiger partial charge is 0.314 e. The maximum absolute atomic E-state index is 12.9. The number of carbonyl (C=O) groups is 1. The van der Waals surface area contributed by atoms with Gasteiger partial charge in [0, 0.05) is 30.4 Å². The van der Waals surface area contributed by atoms with Gasteiger partial charge in [-0.25, -0.2) is 4.57 Å². The number of methoxy groups -OCH3 is 1. The van der Waals surface area contributed by atoms with E-state index >= 15 is 0 Å². The zero-order valence-electron chi connectivity index (χ0n) is 19.4. The Labute approximate surface area is 204 Å². The average Bonchev–Trinajstić information content (AvgIpc) is 3.25. The first-order valence-electron chi connectivity index (χ1n) is 10.8. The van der Waals surface area contributed by atoms with Crippen LogP contribution < -0.4 is 14.2 Å². The molecule has 7 heteroatoms. The zero-order valence-corrected chi connectivity index (χ0v) is 20.1. The molecule has 0 radical (unpaired) electrons. The minimum Gasteiger partial charge on any atom is -0.497 e. The third-order valence-electron chi connectivity index (χ3n) is 5.45. The molecule has 34 heavy (non-hydrogen) atoms. The number of ketones is 1. The second kappa shape index (κ2) is 10.4. The highest BCUT2D eigenvalue weighted by Gasteiger charge is 2.22. The summed E-state index contributed by atoms with van der Waals surface area (Å²) in [4.78, 5) is 15.0. The van der Waals surface area contributed by atoms with Gasteiger partial charge in [0.05, 0.1) is 18.9 Å². The number of nitrogens with zero attached hydrogens (tertiary/aromatic N) is 4. The summed E-state index contributed by atoms with van der Waals surface area (Å²) in [5, 5.41) is 5.28. The topological polar surface area (TPSA) is 50.7 Å². The quantitative estimate of drug-likeness (QED) is 0.207. The number of carbonyl (C=O) groups excluding carboxylic acids is 1. The van der Waals surface area contributed by atoms with Gasteiger partial charge in [0.15, 0.2) is 12.7 Å². The van der Waals surface area contributed by atoms with Crippen LogP contribution in [0.5, 0.6) is 5.75 Å². The molecule has 4 aromatic rings. The minimum atomic E-state index is -0.0163. The maximum Gasteiger partial charge on any atom is 0.314 e. The first-order valence-corrected chi connectivity index (χ1v) is 11.2. The summed E-state index contributed by atoms with van der Waals surface area (Å²) < 4.78 is 8.97. The molecule has 0 aliphatic carbocycles. The fraction of sp³-hybridized carbons (Fsp3) is 0.148. The molecule has 1 heterocycles. The van der Waals surface area contributed by atoms with E-state index < -0.39 is 0 Å². The van der Waals surface area contributed by atoms with E-state index in [1.54, 1.807) is 42.3 Å². The Hall–Kier alpha value is -3.90. The Kier molecular flexibility index (Phi) is 7.09. The Morgan fingerprint density at radius 3 is 2.32 bits per heavy atom. The van der Waals surface area contributed by atoms with Gasteiger partial charge in [-0.1, -0.05) is 28.8 Å². The summed E-state index contributed by atoms with van der Waals surface area (Å²) in [6.07, 6.45) is 5.51. The summed E-state index contributed by atoms with van der Waals surface area (Å²) in [6, 6.07) is 22.8. The fourth-order valence-electron chi connectivity index (χ4n) is 3.54. The van der Waals surface area contributed by atoms with Gasteiger partial charge >= 0.3 is 5.82 Å². The molecule has 172 valence electrons. The van der Waals surface area contributed by atoms with E-state index in [0.29, 0.717) is 10.6 Å². The van der Waals surface area contributed by atoms with Crippen LogP contribution in [0.1, 0.15) is 15.9 Å². The SMILES string of the molecule is COc1ccc(-c2n(/N=C/c3ccc(N(C)C)cc3)cc[n+]2CC(=O)c2ccc(Cl)cc2)cc1. The highest BCUT2D eigenvalue weighted by molar-refractivity contribution is 6.30. The van der Waals surface area contributed by atoms with E-state index in [4.69, 9.17) is 16.3 Å². The van der Waals surface area contributed by atoms with Crippen LogP contribution in [0, 0.1) is 0 Å². The number of ether oxygens (including phenoxy) is 1. The largest absolute Gasteiger partial charge is 0.497 e. The number of hydrogen-bond donors (Lipinski definition) is 0. The van der Waals surface area contributed by atoms with Crippen molar-refractivity contribution in [2.45, 2.75) is 6.54 Å². The van der Waals surface area contributed by atoms with Crippen molar-refractivity contribution in [1.29, 1.82) is 0 Å². The molecule has 1 aromatic heterocycles. The molecular weight excluding hydrogens is 448 g/mol. The van der Waals surface area contributed by atoms with Gasteiger partial charge in [-0.05, 0) is 66.2 Å². The Bertz CT molecular complexity index is 1290. The van der Waals surface area contributed by atoms with Gasteiger partial charge in [-0.3, -0.25) is 4.79 Å². The van der Waals surface area contributed by atoms with Crippen LogP contribution in [0.25, 0.3) is 11.4 Å². The van der Waals surface area contributed by atoms with Gasteiger partial charge in [-0.2, -0.15) is 0 Å². The number of hydrogen-bond acceptors (Lipinski definition) is 4. The normalized spacial score (nSPS) is 11.1. The molecule has 0 unspecified atom stereocenters. The van der Waals surface area contributed by atoms with E-state index in [1.807, 2.05) is 79.6 Å². The number of rotatable bonds is 8.